The second kappa shape index (κ2) is 37.1. The van der Waals surface area contributed by atoms with Gasteiger partial charge in [0.25, 0.3) is 11.8 Å². The average molecular weight is 1660 g/mol. The average Bonchev–Trinajstić information content (AvgIpc) is 1.75. The number of aryl methyl sites for hydroxylation is 5. The Balaban J connectivity index is 0.000000156. The Labute approximate surface area is 701 Å². The van der Waals surface area contributed by atoms with Gasteiger partial charge < -0.3 is 51.2 Å². The molecule has 4 atom stereocenters. The number of rotatable bonds is 24. The molecule has 120 heavy (non-hydrogen) atoms. The highest BCUT2D eigenvalue weighted by Crippen LogP contribution is 2.41. The van der Waals surface area contributed by atoms with Crippen LogP contribution >= 0.6 is 0 Å². The second-order valence-electron chi connectivity index (χ2n) is 31.8. The van der Waals surface area contributed by atoms with E-state index in [1.165, 1.54) is 25.1 Å². The van der Waals surface area contributed by atoms with E-state index in [0.29, 0.717) is 95.9 Å². The molecule has 1 aromatic carbocycles. The molecular formula is C86H110FN25O7S. The molecule has 6 aliphatic rings. The minimum Gasteiger partial charge on any atom is -0.478 e. The summed E-state index contributed by atoms with van der Waals surface area (Å²) >= 11 is 0. The van der Waals surface area contributed by atoms with Crippen LogP contribution in [-0.2, 0) is 57.6 Å². The molecule has 3 aliphatic carbocycles. The second-order valence-corrected chi connectivity index (χ2v) is 34.1. The van der Waals surface area contributed by atoms with Crippen molar-refractivity contribution < 1.29 is 36.7 Å². The third-order valence-electron chi connectivity index (χ3n) is 23.4. The van der Waals surface area contributed by atoms with Gasteiger partial charge in [-0.2, -0.15) is 0 Å². The smallest absolute Gasteiger partial charge is 0.256 e. The van der Waals surface area contributed by atoms with E-state index in [-0.39, 0.29) is 52.1 Å². The number of allylic oxidation sites excluding steroid dienone is 3. The number of hydrogen-bond acceptors (Lipinski definition) is 27. The molecule has 0 spiro atoms. The normalized spacial score (nSPS) is 17.6. The molecule has 32 nitrogen and oxygen atoms in total. The molecule has 11 heterocycles. The van der Waals surface area contributed by atoms with Crippen LogP contribution in [0.5, 0.6) is 11.8 Å². The summed E-state index contributed by atoms with van der Waals surface area (Å²) in [5, 5.41) is 27.2. The minimum atomic E-state index is -3.74. The van der Waals surface area contributed by atoms with Crippen LogP contribution in [0, 0.1) is 26.6 Å². The lowest BCUT2D eigenvalue weighted by atomic mass is 9.99. The lowest BCUT2D eigenvalue weighted by Crippen LogP contribution is -2.59. The van der Waals surface area contributed by atoms with Gasteiger partial charge in [-0.05, 0) is 165 Å². The molecule has 3 amide bonds. The first-order valence-electron chi connectivity index (χ1n) is 40.8. The van der Waals surface area contributed by atoms with E-state index >= 15 is 4.39 Å². The third kappa shape index (κ3) is 18.8. The molecule has 634 valence electrons. The fraction of sp³-hybridized carbons (Fsp3) is 0.442. The van der Waals surface area contributed by atoms with Crippen LogP contribution in [-0.4, -0.2) is 256 Å². The van der Waals surface area contributed by atoms with E-state index in [1.807, 2.05) is 92.3 Å². The molecule has 3 fully saturated rings. The van der Waals surface area contributed by atoms with Crippen LogP contribution in [0.15, 0.2) is 109 Å². The molecule has 15 rings (SSSR count). The van der Waals surface area contributed by atoms with Crippen molar-refractivity contribution in [2.45, 2.75) is 136 Å². The monoisotopic (exact) mass is 1660 g/mol. The van der Waals surface area contributed by atoms with Gasteiger partial charge in [0.05, 0.1) is 72.8 Å². The topological polar surface area (TPSA) is 347 Å². The number of methoxy groups -OCH3 is 2. The Bertz CT molecular complexity index is 5510. The van der Waals surface area contributed by atoms with Crippen LogP contribution in [0.4, 0.5) is 56.8 Å². The lowest BCUT2D eigenvalue weighted by molar-refractivity contribution is -0.127. The number of carbonyl (C=O) groups is 3. The van der Waals surface area contributed by atoms with Gasteiger partial charge in [0.15, 0.2) is 15.7 Å². The molecule has 3 aliphatic heterocycles. The molecule has 8 aromatic heterocycles. The predicted molar refractivity (Wildman–Crippen MR) is 463 cm³/mol. The number of nitrogens with zero attached hydrogens (tertiary/aromatic N) is 19. The molecule has 0 radical (unpaired) electrons. The fourth-order valence-corrected chi connectivity index (χ4v) is 17.1. The number of amides is 3. The molecule has 4 unspecified atom stereocenters. The number of carbonyl (C=O) groups excluding carboxylic acids is 3. The summed E-state index contributed by atoms with van der Waals surface area (Å²) in [4.78, 5) is 94.9. The summed E-state index contributed by atoms with van der Waals surface area (Å²) in [5.41, 5.74) is 14.4. The van der Waals surface area contributed by atoms with Crippen molar-refractivity contribution in [3.8, 4) is 11.8 Å². The molecule has 9 aromatic rings. The Morgan fingerprint density at radius 3 is 1.32 bits per heavy atom. The molecular weight excluding hydrogens is 1550 g/mol. The van der Waals surface area contributed by atoms with Crippen molar-refractivity contribution in [2.75, 3.05) is 138 Å². The van der Waals surface area contributed by atoms with Crippen molar-refractivity contribution in [3.63, 3.8) is 0 Å². The number of hydrogen-bond donors (Lipinski definition) is 6. The molecule has 34 heteroatoms. The number of benzene rings is 1. The summed E-state index contributed by atoms with van der Waals surface area (Å²) < 4.78 is 53.8. The van der Waals surface area contributed by atoms with E-state index < -0.39 is 21.2 Å². The number of likely N-dealkylation sites (N-methyl/N-ethyl adjacent to an activating group) is 3. The predicted octanol–water partition coefficient (Wildman–Crippen LogP) is 9.82. The van der Waals surface area contributed by atoms with Gasteiger partial charge in [-0.25, -0.2) is 57.7 Å². The zero-order chi connectivity index (χ0) is 85.6. The summed E-state index contributed by atoms with van der Waals surface area (Å²) in [7, 11) is 9.43. The fourth-order valence-electron chi connectivity index (χ4n) is 16.1. The maximum absolute atomic E-state index is 15.1. The third-order valence-corrected chi connectivity index (χ3v) is 25.1. The SMILES string of the molecule is CCC(C(=O)Nc1nccc2c1CC=C2c1nc(Nc2cccc(S(=O)(=O)CC)c2F)ncc1C)N1CCN(C)CC1.CCC(C(=O)Nc1nccc2c1CC=C2c1nc(Nc2cn(C)nc2OC)ncc1C)N1CC(C)N(C)C(C)C1.COc1nn(C)cc1Nc1ncc(C)c(C2=CCc3c2ccnc3NC(=O)C(C)(C)N2CCN(C)CC2)n1. The Morgan fingerprint density at radius 1 is 0.533 bits per heavy atom. The number of halogens is 1. The number of fused-ring (bicyclic) bond motifs is 3. The van der Waals surface area contributed by atoms with Crippen LogP contribution in [0.2, 0.25) is 0 Å². The van der Waals surface area contributed by atoms with Gasteiger partial charge in [-0.15, -0.1) is 10.2 Å². The Morgan fingerprint density at radius 2 is 0.925 bits per heavy atom. The van der Waals surface area contributed by atoms with E-state index in [9.17, 15) is 22.8 Å². The zero-order valence-corrected chi connectivity index (χ0v) is 72.4. The number of anilines is 9. The van der Waals surface area contributed by atoms with E-state index in [2.05, 4.69) is 160 Å². The molecule has 6 N–H and O–H groups in total. The highest BCUT2D eigenvalue weighted by Gasteiger charge is 2.39. The Kier molecular flexibility index (Phi) is 26.7. The van der Waals surface area contributed by atoms with E-state index in [4.69, 9.17) is 19.4 Å². The van der Waals surface area contributed by atoms with Crippen LogP contribution in [0.25, 0.3) is 16.7 Å². The van der Waals surface area contributed by atoms with Crippen LogP contribution < -0.4 is 41.4 Å². The number of sulfone groups is 1. The quantitative estimate of drug-likeness (QED) is 0.0327. The summed E-state index contributed by atoms with van der Waals surface area (Å²) in [6.45, 7) is 28.8. The van der Waals surface area contributed by atoms with Crippen molar-refractivity contribution in [3.05, 3.63) is 177 Å². The van der Waals surface area contributed by atoms with Crippen molar-refractivity contribution in [1.82, 2.24) is 93.8 Å². The van der Waals surface area contributed by atoms with Crippen LogP contribution in [0.1, 0.15) is 128 Å². The molecule has 3 saturated heterocycles. The highest BCUT2D eigenvalue weighted by molar-refractivity contribution is 7.91. The number of ether oxygens (including phenoxy) is 2. The molecule has 0 saturated carbocycles. The maximum Gasteiger partial charge on any atom is 0.256 e. The minimum absolute atomic E-state index is 0.00377. The number of nitrogens with one attached hydrogen (secondary N) is 6. The number of piperazine rings is 3. The highest BCUT2D eigenvalue weighted by atomic mass is 32.2. The molecule has 0 bridgehead atoms. The number of pyridine rings is 3. The summed E-state index contributed by atoms with van der Waals surface area (Å²) in [6, 6.07) is 10.4. The van der Waals surface area contributed by atoms with Gasteiger partial charge in [0.2, 0.25) is 35.6 Å². The van der Waals surface area contributed by atoms with Crippen LogP contribution in [0.3, 0.4) is 0 Å². The zero-order valence-electron chi connectivity index (χ0n) is 71.6. The first kappa shape index (κ1) is 86.4. The Hall–Kier alpha value is -11.4. The van der Waals surface area contributed by atoms with Gasteiger partial charge in [0, 0.05) is 162 Å². The first-order valence-corrected chi connectivity index (χ1v) is 42.4. The van der Waals surface area contributed by atoms with Gasteiger partial charge in [0.1, 0.15) is 33.7 Å². The van der Waals surface area contributed by atoms with E-state index in [0.717, 1.165) is 150 Å². The summed E-state index contributed by atoms with van der Waals surface area (Å²) in [6.07, 6.45) is 23.7. The maximum atomic E-state index is 15.1. The van der Waals surface area contributed by atoms with Crippen molar-refractivity contribution in [2.24, 2.45) is 14.1 Å². The standard InChI is InChI=1S/C30H36FN7O3S.C29H39N9O2.C27H35N9O2/c1-5-24(38-16-14-37(4)15-17-38)29(39)36-28-22-11-10-21(20(22)12-13-32-28)27-19(3)18-33-30(35-27)34-23-8-7-9-25(26(23)31)42(40,41)6-2;1-8-24(38-14-18(3)37(6)19(4)15-38)27(39)34-26-22-10-9-21(20(22)11-12-30-26)25-17(2)13-31-29(33-25)32-23-16-36(5)35-28(23)40-7;1-17-15-29-26(30-21-16-35(5)33-24(21)38-6)31-22(17)19-7-8-20-18(19)9-10-28-23(20)32-25(37)27(2,3)36-13-11-34(4)12-14-36/h7-10,12-13,18,24H,5-6,11,14-17H2,1-4H3,(H,32,36,39)(H,33,34,35);9,11-13,16,18-19,24H,8,10,14-15H2,1-7H3,(H,30,34,39)(H,31,32,33);7,9-10,15-16H,8,11-14H2,1-6H3,(H,28,32,37)(H,29,30,31). The van der Waals surface area contributed by atoms with Crippen molar-refractivity contribution in [1.29, 1.82) is 0 Å². The first-order chi connectivity index (χ1) is 57.5. The van der Waals surface area contributed by atoms with Gasteiger partial charge >= 0.3 is 0 Å². The largest absolute Gasteiger partial charge is 0.478 e. The summed E-state index contributed by atoms with van der Waals surface area (Å²) in [5.74, 6) is 2.53. The van der Waals surface area contributed by atoms with Crippen molar-refractivity contribution >= 4 is 96.6 Å². The number of aromatic nitrogens is 13. The van der Waals surface area contributed by atoms with Gasteiger partial charge in [-0.1, -0.05) is 45.1 Å². The van der Waals surface area contributed by atoms with E-state index in [1.54, 1.807) is 60.8 Å². The van der Waals surface area contributed by atoms with Gasteiger partial charge in [-0.3, -0.25) is 43.3 Å². The lowest BCUT2D eigenvalue weighted by Gasteiger charge is -2.45.